The highest BCUT2D eigenvalue weighted by atomic mass is 79.9. The Labute approximate surface area is 155 Å². The number of carbonyl (C=O) groups excluding carboxylic acids is 2. The van der Waals surface area contributed by atoms with Crippen LogP contribution in [0, 0.1) is 0 Å². The van der Waals surface area contributed by atoms with E-state index >= 15 is 0 Å². The molecule has 1 atom stereocenters. The molecule has 2 aromatic carbocycles. The lowest BCUT2D eigenvalue weighted by Gasteiger charge is -2.17. The van der Waals surface area contributed by atoms with Crippen LogP contribution < -0.4 is 5.32 Å². The van der Waals surface area contributed by atoms with Crippen molar-refractivity contribution in [2.24, 2.45) is 0 Å². The number of halogens is 1. The normalized spacial score (nSPS) is 14.9. The van der Waals surface area contributed by atoms with E-state index in [1.54, 1.807) is 18.2 Å². The minimum Gasteiger partial charge on any atom is -0.444 e. The number of rotatable bonds is 6. The van der Waals surface area contributed by atoms with Crippen molar-refractivity contribution in [1.29, 1.82) is 0 Å². The standard InChI is InChI=1S/C20H18BrNO3/c21-16-9-6-14(7-10-16)8-13-18(23)25-19(15-4-2-1-3-5-15)20(24)22-17-11-12-17/h1-10,13,17,19H,11-12H2,(H,22,24)/b13-8+/t19-/m0/s1. The molecule has 2 aromatic rings. The maximum Gasteiger partial charge on any atom is 0.331 e. The highest BCUT2D eigenvalue weighted by Gasteiger charge is 2.30. The Kier molecular flexibility index (Phi) is 5.66. The van der Waals surface area contributed by atoms with Crippen molar-refractivity contribution in [2.45, 2.75) is 25.0 Å². The Balaban J connectivity index is 1.69. The molecule has 0 bridgehead atoms. The van der Waals surface area contributed by atoms with Crippen LogP contribution in [0.5, 0.6) is 0 Å². The van der Waals surface area contributed by atoms with Gasteiger partial charge in [-0.3, -0.25) is 4.79 Å². The van der Waals surface area contributed by atoms with Crippen molar-refractivity contribution in [3.8, 4) is 0 Å². The molecule has 0 radical (unpaired) electrons. The van der Waals surface area contributed by atoms with Gasteiger partial charge in [-0.25, -0.2) is 4.79 Å². The third kappa shape index (κ3) is 5.29. The van der Waals surface area contributed by atoms with Crippen LogP contribution in [0.2, 0.25) is 0 Å². The molecule has 1 aliphatic rings. The van der Waals surface area contributed by atoms with Gasteiger partial charge in [-0.2, -0.15) is 0 Å². The van der Waals surface area contributed by atoms with Crippen molar-refractivity contribution < 1.29 is 14.3 Å². The third-order valence-corrected chi connectivity index (χ3v) is 4.31. The van der Waals surface area contributed by atoms with Gasteiger partial charge >= 0.3 is 5.97 Å². The second-order valence-corrected chi connectivity index (χ2v) is 6.81. The Morgan fingerprint density at radius 1 is 1.08 bits per heavy atom. The van der Waals surface area contributed by atoms with Gasteiger partial charge < -0.3 is 10.1 Å². The van der Waals surface area contributed by atoms with E-state index in [-0.39, 0.29) is 11.9 Å². The molecular weight excluding hydrogens is 382 g/mol. The zero-order valence-corrected chi connectivity index (χ0v) is 15.1. The third-order valence-electron chi connectivity index (χ3n) is 3.78. The molecule has 1 N–H and O–H groups in total. The Morgan fingerprint density at radius 2 is 1.76 bits per heavy atom. The van der Waals surface area contributed by atoms with Crippen LogP contribution in [0.4, 0.5) is 0 Å². The maximum absolute atomic E-state index is 12.4. The SMILES string of the molecule is O=C(/C=C/c1ccc(Br)cc1)O[C@H](C(=O)NC1CC1)c1ccccc1. The predicted molar refractivity (Wildman–Crippen MR) is 99.6 cm³/mol. The molecule has 0 unspecified atom stereocenters. The van der Waals surface area contributed by atoms with Crippen molar-refractivity contribution in [1.82, 2.24) is 5.32 Å². The summed E-state index contributed by atoms with van der Waals surface area (Å²) in [6, 6.07) is 16.8. The molecule has 0 aromatic heterocycles. The van der Waals surface area contributed by atoms with Crippen LogP contribution in [0.15, 0.2) is 65.1 Å². The van der Waals surface area contributed by atoms with E-state index in [0.717, 1.165) is 22.9 Å². The number of ether oxygens (including phenoxy) is 1. The van der Waals surface area contributed by atoms with E-state index in [9.17, 15) is 9.59 Å². The average molecular weight is 400 g/mol. The van der Waals surface area contributed by atoms with Crippen molar-refractivity contribution in [3.63, 3.8) is 0 Å². The summed E-state index contributed by atoms with van der Waals surface area (Å²) in [7, 11) is 0. The first-order valence-corrected chi connectivity index (χ1v) is 8.91. The molecule has 1 aliphatic carbocycles. The molecular formula is C20H18BrNO3. The van der Waals surface area contributed by atoms with Gasteiger partial charge in [0, 0.05) is 22.2 Å². The van der Waals surface area contributed by atoms with Gasteiger partial charge in [0.15, 0.2) is 0 Å². The molecule has 1 saturated carbocycles. The van der Waals surface area contributed by atoms with Crippen LogP contribution in [0.25, 0.3) is 6.08 Å². The molecule has 0 saturated heterocycles. The van der Waals surface area contributed by atoms with E-state index in [1.165, 1.54) is 6.08 Å². The summed E-state index contributed by atoms with van der Waals surface area (Å²) < 4.78 is 6.39. The van der Waals surface area contributed by atoms with Crippen LogP contribution in [-0.4, -0.2) is 17.9 Å². The van der Waals surface area contributed by atoms with Gasteiger partial charge in [0.2, 0.25) is 6.10 Å². The van der Waals surface area contributed by atoms with Gasteiger partial charge in [-0.1, -0.05) is 58.4 Å². The Hall–Kier alpha value is -2.40. The summed E-state index contributed by atoms with van der Waals surface area (Å²) in [5, 5.41) is 2.89. The fourth-order valence-electron chi connectivity index (χ4n) is 2.30. The quantitative estimate of drug-likeness (QED) is 0.589. The van der Waals surface area contributed by atoms with Gasteiger partial charge in [-0.15, -0.1) is 0 Å². The molecule has 25 heavy (non-hydrogen) atoms. The van der Waals surface area contributed by atoms with Gasteiger partial charge in [0.05, 0.1) is 0 Å². The lowest BCUT2D eigenvalue weighted by Crippen LogP contribution is -2.33. The first-order chi connectivity index (χ1) is 12.1. The fraction of sp³-hybridized carbons (Fsp3) is 0.200. The molecule has 0 heterocycles. The number of amides is 1. The summed E-state index contributed by atoms with van der Waals surface area (Å²) in [6.07, 6.45) is 4.01. The lowest BCUT2D eigenvalue weighted by molar-refractivity contribution is -0.151. The maximum atomic E-state index is 12.4. The van der Waals surface area contributed by atoms with E-state index in [2.05, 4.69) is 21.2 Å². The molecule has 0 spiro atoms. The van der Waals surface area contributed by atoms with Crippen LogP contribution in [-0.2, 0) is 14.3 Å². The smallest absolute Gasteiger partial charge is 0.331 e. The van der Waals surface area contributed by atoms with Gasteiger partial charge in [0.25, 0.3) is 5.91 Å². The lowest BCUT2D eigenvalue weighted by atomic mass is 10.1. The van der Waals surface area contributed by atoms with E-state index in [4.69, 9.17) is 4.74 Å². The highest BCUT2D eigenvalue weighted by molar-refractivity contribution is 9.10. The van der Waals surface area contributed by atoms with E-state index in [0.29, 0.717) is 5.56 Å². The Morgan fingerprint density at radius 3 is 2.40 bits per heavy atom. The van der Waals surface area contributed by atoms with Crippen LogP contribution in [0.1, 0.15) is 30.1 Å². The van der Waals surface area contributed by atoms with Gasteiger partial charge in [-0.05, 0) is 36.6 Å². The minimum absolute atomic E-state index is 0.204. The van der Waals surface area contributed by atoms with Gasteiger partial charge in [0.1, 0.15) is 0 Å². The number of carbonyl (C=O) groups is 2. The minimum atomic E-state index is -0.941. The largest absolute Gasteiger partial charge is 0.444 e. The molecule has 1 amide bonds. The summed E-state index contributed by atoms with van der Waals surface area (Å²) in [5.74, 6) is -0.832. The van der Waals surface area contributed by atoms with Crippen LogP contribution in [0.3, 0.4) is 0 Å². The first kappa shape index (κ1) is 17.4. The molecule has 4 nitrogen and oxygen atoms in total. The molecule has 1 fully saturated rings. The summed E-state index contributed by atoms with van der Waals surface area (Å²) in [4.78, 5) is 24.6. The fourth-order valence-corrected chi connectivity index (χ4v) is 2.56. The predicted octanol–water partition coefficient (Wildman–Crippen LogP) is 4.03. The van der Waals surface area contributed by atoms with E-state index < -0.39 is 12.1 Å². The number of esters is 1. The number of benzene rings is 2. The second kappa shape index (κ2) is 8.12. The van der Waals surface area contributed by atoms with Crippen LogP contribution >= 0.6 is 15.9 Å². The monoisotopic (exact) mass is 399 g/mol. The molecule has 128 valence electrons. The summed E-state index contributed by atoms with van der Waals surface area (Å²) in [5.41, 5.74) is 1.53. The number of hydrogen-bond acceptors (Lipinski definition) is 3. The zero-order valence-electron chi connectivity index (χ0n) is 13.5. The average Bonchev–Trinajstić information content (AvgIpc) is 3.44. The number of hydrogen-bond donors (Lipinski definition) is 1. The first-order valence-electron chi connectivity index (χ1n) is 8.11. The summed E-state index contributed by atoms with van der Waals surface area (Å²) >= 11 is 3.36. The van der Waals surface area contributed by atoms with Crippen molar-refractivity contribution >= 4 is 33.9 Å². The van der Waals surface area contributed by atoms with Crippen molar-refractivity contribution in [3.05, 3.63) is 76.3 Å². The summed E-state index contributed by atoms with van der Waals surface area (Å²) in [6.45, 7) is 0. The second-order valence-electron chi connectivity index (χ2n) is 5.90. The molecule has 0 aliphatic heterocycles. The zero-order chi connectivity index (χ0) is 17.6. The van der Waals surface area contributed by atoms with Crippen molar-refractivity contribution in [2.75, 3.05) is 0 Å². The Bertz CT molecular complexity index is 767. The number of nitrogens with one attached hydrogen (secondary N) is 1. The van der Waals surface area contributed by atoms with E-state index in [1.807, 2.05) is 42.5 Å². The highest BCUT2D eigenvalue weighted by Crippen LogP contribution is 2.23. The molecule has 3 rings (SSSR count). The molecule has 5 heteroatoms. The topological polar surface area (TPSA) is 55.4 Å².